The van der Waals surface area contributed by atoms with E-state index >= 15 is 0 Å². The van der Waals surface area contributed by atoms with Crippen molar-refractivity contribution in [2.45, 2.75) is 18.4 Å². The molecule has 1 aliphatic heterocycles. The predicted octanol–water partition coefficient (Wildman–Crippen LogP) is 3.90. The van der Waals surface area contributed by atoms with Crippen LogP contribution < -0.4 is 10.1 Å². The summed E-state index contributed by atoms with van der Waals surface area (Å²) in [6.45, 7) is 0.240. The van der Waals surface area contributed by atoms with Crippen molar-refractivity contribution in [1.82, 2.24) is 9.88 Å². The van der Waals surface area contributed by atoms with Gasteiger partial charge in [-0.2, -0.15) is 0 Å². The Hall–Kier alpha value is -2.71. The Balaban J connectivity index is 1.69. The second-order valence-electron chi connectivity index (χ2n) is 6.49. The van der Waals surface area contributed by atoms with Gasteiger partial charge in [-0.25, -0.2) is 4.79 Å². The van der Waals surface area contributed by atoms with Crippen LogP contribution in [-0.4, -0.2) is 29.6 Å². The molecule has 6 heteroatoms. The topological polar surface area (TPSA) is 54.5 Å². The minimum Gasteiger partial charge on any atom is -0.481 e. The van der Waals surface area contributed by atoms with E-state index in [1.54, 1.807) is 42.5 Å². The third-order valence-electron chi connectivity index (χ3n) is 4.88. The van der Waals surface area contributed by atoms with Gasteiger partial charge in [0.05, 0.1) is 0 Å². The van der Waals surface area contributed by atoms with Gasteiger partial charge in [0.25, 0.3) is 0 Å². The van der Waals surface area contributed by atoms with Gasteiger partial charge in [0.15, 0.2) is 0 Å². The van der Waals surface area contributed by atoms with E-state index in [0.29, 0.717) is 16.7 Å². The number of amides is 2. The summed E-state index contributed by atoms with van der Waals surface area (Å²) >= 11 is 6.24. The molecule has 0 spiro atoms. The molecule has 1 N–H and O–H groups in total. The number of hydrogen-bond donors (Lipinski definition) is 1. The van der Waals surface area contributed by atoms with Crippen molar-refractivity contribution in [3.8, 4) is 17.6 Å². The first-order chi connectivity index (χ1) is 12.6. The second-order valence-corrected chi connectivity index (χ2v) is 6.93. The van der Waals surface area contributed by atoms with E-state index in [0.717, 1.165) is 24.1 Å². The first-order valence-corrected chi connectivity index (χ1v) is 8.87. The molecule has 1 fully saturated rings. The van der Waals surface area contributed by atoms with E-state index in [9.17, 15) is 4.79 Å². The fourth-order valence-corrected chi connectivity index (χ4v) is 3.63. The summed E-state index contributed by atoms with van der Waals surface area (Å²) in [5, 5.41) is 3.55. The molecule has 1 aromatic heterocycles. The van der Waals surface area contributed by atoms with Gasteiger partial charge in [0, 0.05) is 35.7 Å². The van der Waals surface area contributed by atoms with Crippen LogP contribution in [0, 0.1) is 17.8 Å². The third kappa shape index (κ3) is 2.87. The molecule has 1 aliphatic carbocycles. The summed E-state index contributed by atoms with van der Waals surface area (Å²) in [6.07, 6.45) is 5.41. The van der Waals surface area contributed by atoms with Crippen molar-refractivity contribution in [3.63, 3.8) is 0 Å². The molecule has 1 aromatic carbocycles. The fraction of sp³-hybridized carbons (Fsp3) is 0.300. The fourth-order valence-electron chi connectivity index (χ4n) is 3.45. The van der Waals surface area contributed by atoms with Crippen LogP contribution in [0.15, 0.2) is 42.7 Å². The summed E-state index contributed by atoms with van der Waals surface area (Å²) in [5.74, 6) is 7.48. The van der Waals surface area contributed by atoms with Crippen LogP contribution in [0.3, 0.4) is 0 Å². The van der Waals surface area contributed by atoms with Gasteiger partial charge in [0.1, 0.15) is 17.9 Å². The standard InChI is InChI=1S/C20H18ClN3O2/c1-24-19(25)23-18-6-5-15(21)13-17(18)20(24,14-3-4-14)9-2-12-26-16-7-10-22-11-8-16/h5-8,10-11,13-14H,3-4,12H2,1H3,(H,23,25). The molecule has 5 nitrogen and oxygen atoms in total. The normalized spacial score (nSPS) is 21.3. The predicted molar refractivity (Wildman–Crippen MR) is 100 cm³/mol. The molecule has 0 saturated heterocycles. The van der Waals surface area contributed by atoms with Gasteiger partial charge in [-0.15, -0.1) is 0 Å². The summed E-state index contributed by atoms with van der Waals surface area (Å²) in [7, 11) is 1.79. The molecule has 2 heterocycles. The lowest BCUT2D eigenvalue weighted by atomic mass is 9.81. The number of aromatic nitrogens is 1. The number of benzene rings is 1. The highest BCUT2D eigenvalue weighted by Gasteiger charge is 2.53. The first-order valence-electron chi connectivity index (χ1n) is 8.49. The average Bonchev–Trinajstić information content (AvgIpc) is 3.49. The number of hydrogen-bond acceptors (Lipinski definition) is 3. The molecule has 26 heavy (non-hydrogen) atoms. The largest absolute Gasteiger partial charge is 0.481 e. The highest BCUT2D eigenvalue weighted by molar-refractivity contribution is 6.30. The maximum atomic E-state index is 12.5. The van der Waals surface area contributed by atoms with E-state index < -0.39 is 5.54 Å². The third-order valence-corrected chi connectivity index (χ3v) is 5.11. The number of urea groups is 1. The van der Waals surface area contributed by atoms with Crippen LogP contribution in [0.2, 0.25) is 5.02 Å². The Morgan fingerprint density at radius 3 is 2.85 bits per heavy atom. The molecule has 2 amide bonds. The van der Waals surface area contributed by atoms with Crippen molar-refractivity contribution < 1.29 is 9.53 Å². The molecule has 1 atom stereocenters. The Morgan fingerprint density at radius 2 is 2.12 bits per heavy atom. The number of fused-ring (bicyclic) bond motifs is 1. The number of nitrogens with zero attached hydrogens (tertiary/aromatic N) is 2. The van der Waals surface area contributed by atoms with Crippen molar-refractivity contribution in [2.75, 3.05) is 19.0 Å². The lowest BCUT2D eigenvalue weighted by molar-refractivity contribution is 0.160. The Labute approximate surface area is 157 Å². The van der Waals surface area contributed by atoms with E-state index in [-0.39, 0.29) is 12.6 Å². The number of pyridine rings is 1. The summed E-state index contributed by atoms with van der Waals surface area (Å²) in [5.41, 5.74) is 1.05. The van der Waals surface area contributed by atoms with Crippen molar-refractivity contribution in [1.29, 1.82) is 0 Å². The molecule has 1 saturated carbocycles. The number of carbonyl (C=O) groups is 1. The molecule has 1 unspecified atom stereocenters. The van der Waals surface area contributed by atoms with Gasteiger partial charge < -0.3 is 15.0 Å². The summed E-state index contributed by atoms with van der Waals surface area (Å²) in [4.78, 5) is 18.2. The average molecular weight is 368 g/mol. The number of halogens is 1. The minimum absolute atomic E-state index is 0.156. The van der Waals surface area contributed by atoms with Crippen LogP contribution in [0.25, 0.3) is 0 Å². The van der Waals surface area contributed by atoms with Crippen LogP contribution in [0.4, 0.5) is 10.5 Å². The van der Waals surface area contributed by atoms with Crippen molar-refractivity contribution in [2.24, 2.45) is 5.92 Å². The van der Waals surface area contributed by atoms with Crippen molar-refractivity contribution in [3.05, 3.63) is 53.3 Å². The Morgan fingerprint density at radius 1 is 1.35 bits per heavy atom. The number of carbonyl (C=O) groups excluding carboxylic acids is 1. The monoisotopic (exact) mass is 367 g/mol. The Bertz CT molecular complexity index is 902. The van der Waals surface area contributed by atoms with Gasteiger partial charge in [-0.05, 0) is 49.1 Å². The zero-order valence-corrected chi connectivity index (χ0v) is 15.1. The van der Waals surface area contributed by atoms with Gasteiger partial charge in [-0.3, -0.25) is 4.98 Å². The molecule has 0 bridgehead atoms. The van der Waals surface area contributed by atoms with Crippen LogP contribution in [-0.2, 0) is 5.54 Å². The van der Waals surface area contributed by atoms with E-state index in [2.05, 4.69) is 22.1 Å². The smallest absolute Gasteiger partial charge is 0.323 e. The summed E-state index contributed by atoms with van der Waals surface area (Å²) < 4.78 is 5.66. The summed E-state index contributed by atoms with van der Waals surface area (Å²) in [6, 6.07) is 8.94. The first kappa shape index (κ1) is 16.7. The molecule has 132 valence electrons. The molecule has 2 aliphatic rings. The number of anilines is 1. The zero-order valence-electron chi connectivity index (χ0n) is 14.3. The molecule has 4 rings (SSSR count). The molecule has 2 aromatic rings. The SMILES string of the molecule is CN1C(=O)Nc2ccc(Cl)cc2C1(C#CCOc1ccncc1)C1CC1. The maximum absolute atomic E-state index is 12.5. The lowest BCUT2D eigenvalue weighted by Gasteiger charge is -2.43. The quantitative estimate of drug-likeness (QED) is 0.837. The van der Waals surface area contributed by atoms with E-state index in [4.69, 9.17) is 16.3 Å². The highest BCUT2D eigenvalue weighted by Crippen LogP contribution is 2.52. The second kappa shape index (κ2) is 6.54. The van der Waals surface area contributed by atoms with Gasteiger partial charge >= 0.3 is 6.03 Å². The van der Waals surface area contributed by atoms with Gasteiger partial charge in [-0.1, -0.05) is 23.4 Å². The van der Waals surface area contributed by atoms with Gasteiger partial charge in [0.2, 0.25) is 0 Å². The van der Waals surface area contributed by atoms with Crippen LogP contribution >= 0.6 is 11.6 Å². The molecular formula is C20H18ClN3O2. The van der Waals surface area contributed by atoms with E-state index in [1.807, 2.05) is 12.1 Å². The van der Waals surface area contributed by atoms with Crippen molar-refractivity contribution >= 4 is 23.3 Å². The van der Waals surface area contributed by atoms with E-state index in [1.165, 1.54) is 0 Å². The minimum atomic E-state index is -0.676. The van der Waals surface area contributed by atoms with Crippen LogP contribution in [0.5, 0.6) is 5.75 Å². The zero-order chi connectivity index (χ0) is 18.1. The molecule has 0 radical (unpaired) electrons. The van der Waals surface area contributed by atoms with Crippen LogP contribution in [0.1, 0.15) is 18.4 Å². The number of ether oxygens (including phenoxy) is 1. The Kier molecular flexibility index (Phi) is 4.21. The number of nitrogens with one attached hydrogen (secondary N) is 1. The lowest BCUT2D eigenvalue weighted by Crippen LogP contribution is -2.53. The molecular weight excluding hydrogens is 350 g/mol. The maximum Gasteiger partial charge on any atom is 0.323 e. The number of rotatable bonds is 3. The highest BCUT2D eigenvalue weighted by atomic mass is 35.5.